The van der Waals surface area contributed by atoms with Gasteiger partial charge in [0, 0.05) is 24.2 Å². The van der Waals surface area contributed by atoms with Gasteiger partial charge in [0.05, 0.1) is 26.4 Å². The predicted octanol–water partition coefficient (Wildman–Crippen LogP) is 2.88. The number of hydrogen-bond donors (Lipinski definition) is 4. The van der Waals surface area contributed by atoms with Crippen LogP contribution in [-0.4, -0.2) is 80.3 Å². The summed E-state index contributed by atoms with van der Waals surface area (Å²) in [5.41, 5.74) is 11.4. The third kappa shape index (κ3) is 20.5. The molecule has 0 aromatic heterocycles. The Morgan fingerprint density at radius 1 is 0.645 bits per heavy atom. The highest BCUT2D eigenvalue weighted by Crippen LogP contribution is 2.23. The molecule has 0 heterocycles. The lowest BCUT2D eigenvalue weighted by molar-refractivity contribution is 0.107. The molecule has 0 bridgehead atoms. The first kappa shape index (κ1) is 31.2. The molecule has 0 rings (SSSR count). The quantitative estimate of drug-likeness (QED) is 0.157. The summed E-state index contributed by atoms with van der Waals surface area (Å²) in [6.45, 7) is 22.4. The van der Waals surface area contributed by atoms with Crippen LogP contribution in [0.4, 0.5) is 0 Å². The number of ether oxygens (including phenoxy) is 2. The number of hydrogen-bond acceptors (Lipinski definition) is 7. The van der Waals surface area contributed by atoms with Crippen LogP contribution >= 0.6 is 0 Å². The van der Waals surface area contributed by atoms with Crippen LogP contribution in [0, 0.1) is 0 Å². The molecule has 6 N–H and O–H groups in total. The van der Waals surface area contributed by atoms with E-state index in [2.05, 4.69) is 50.7 Å². The zero-order chi connectivity index (χ0) is 23.9. The van der Waals surface area contributed by atoms with Gasteiger partial charge in [0.1, 0.15) is 0 Å². The smallest absolute Gasteiger partial charge is 0.173 e. The predicted molar refractivity (Wildman–Crippen MR) is 139 cm³/mol. The summed E-state index contributed by atoms with van der Waals surface area (Å²) >= 11 is 0. The molecule has 31 heavy (non-hydrogen) atoms. The van der Waals surface area contributed by atoms with E-state index in [0.717, 1.165) is 25.9 Å². The maximum Gasteiger partial charge on any atom is 0.173 e. The highest BCUT2D eigenvalue weighted by Gasteiger charge is 2.32. The standard InChI is InChI=1S/C22H54N4O3Si2/c1-19(23)15-27-17-21(3)25-11-9-13-30(5,6)29-31(7,8)14-10-12-26-22(4)18-28-16-20(2)24/h19-22,25-26H,9-18,23-24H2,1-8H3. The lowest BCUT2D eigenvalue weighted by Gasteiger charge is -2.34. The Bertz CT molecular complexity index is 403. The molecule has 0 aliphatic heterocycles. The van der Waals surface area contributed by atoms with Crippen LogP contribution in [0.2, 0.25) is 38.3 Å². The van der Waals surface area contributed by atoms with E-state index in [4.69, 9.17) is 25.1 Å². The molecule has 188 valence electrons. The summed E-state index contributed by atoms with van der Waals surface area (Å²) in [6.07, 6.45) is 2.31. The Hall–Kier alpha value is 0.154. The summed E-state index contributed by atoms with van der Waals surface area (Å²) < 4.78 is 18.0. The van der Waals surface area contributed by atoms with Crippen molar-refractivity contribution in [2.75, 3.05) is 39.5 Å². The van der Waals surface area contributed by atoms with Gasteiger partial charge >= 0.3 is 0 Å². The van der Waals surface area contributed by atoms with E-state index in [1.165, 1.54) is 12.1 Å². The van der Waals surface area contributed by atoms with E-state index in [-0.39, 0.29) is 12.1 Å². The summed E-state index contributed by atoms with van der Waals surface area (Å²) in [4.78, 5) is 0. The van der Waals surface area contributed by atoms with Crippen LogP contribution in [0.3, 0.4) is 0 Å². The van der Waals surface area contributed by atoms with Gasteiger partial charge in [-0.2, -0.15) is 0 Å². The fraction of sp³-hybridized carbons (Fsp3) is 1.00. The monoisotopic (exact) mass is 478 g/mol. The fourth-order valence-corrected chi connectivity index (χ4v) is 12.4. The molecular formula is C22H54N4O3Si2. The van der Waals surface area contributed by atoms with Crippen LogP contribution < -0.4 is 22.1 Å². The molecule has 0 aromatic carbocycles. The summed E-state index contributed by atoms with van der Waals surface area (Å²) in [7, 11) is -3.28. The molecule has 0 saturated heterocycles. The first-order valence-electron chi connectivity index (χ1n) is 12.2. The van der Waals surface area contributed by atoms with Crippen molar-refractivity contribution >= 4 is 16.6 Å². The van der Waals surface area contributed by atoms with Gasteiger partial charge in [-0.1, -0.05) is 0 Å². The second-order valence-corrected chi connectivity index (χ2v) is 19.4. The van der Waals surface area contributed by atoms with E-state index in [0.29, 0.717) is 38.5 Å². The molecule has 0 fully saturated rings. The third-order valence-electron chi connectivity index (χ3n) is 4.95. The number of nitrogens with one attached hydrogen (secondary N) is 2. The van der Waals surface area contributed by atoms with E-state index < -0.39 is 16.6 Å². The molecule has 9 heteroatoms. The molecule has 0 aliphatic carbocycles. The van der Waals surface area contributed by atoms with Gasteiger partial charge in [-0.25, -0.2) is 0 Å². The Labute approximate surface area is 195 Å². The van der Waals surface area contributed by atoms with E-state index in [9.17, 15) is 0 Å². The first-order valence-corrected chi connectivity index (χ1v) is 18.4. The van der Waals surface area contributed by atoms with Crippen molar-refractivity contribution < 1.29 is 13.6 Å². The normalized spacial score (nSPS) is 16.8. The zero-order valence-corrected chi connectivity index (χ0v) is 23.8. The lowest BCUT2D eigenvalue weighted by atomic mass is 10.3. The van der Waals surface area contributed by atoms with Crippen LogP contribution in [0.1, 0.15) is 40.5 Å². The van der Waals surface area contributed by atoms with Crippen LogP contribution in [0.15, 0.2) is 0 Å². The maximum absolute atomic E-state index is 6.77. The molecule has 4 unspecified atom stereocenters. The Morgan fingerprint density at radius 3 is 1.32 bits per heavy atom. The van der Waals surface area contributed by atoms with Gasteiger partial charge in [-0.15, -0.1) is 0 Å². The lowest BCUT2D eigenvalue weighted by Crippen LogP contribution is -2.45. The van der Waals surface area contributed by atoms with Gasteiger partial charge in [-0.3, -0.25) is 0 Å². The minimum absolute atomic E-state index is 0.0992. The van der Waals surface area contributed by atoms with E-state index in [1.807, 2.05) is 13.8 Å². The van der Waals surface area contributed by atoms with Crippen molar-refractivity contribution in [2.45, 2.75) is 103 Å². The first-order chi connectivity index (χ1) is 14.3. The Balaban J connectivity index is 3.96. The van der Waals surface area contributed by atoms with Gasteiger partial charge < -0.3 is 35.7 Å². The average Bonchev–Trinajstić information content (AvgIpc) is 2.61. The van der Waals surface area contributed by atoms with Crippen LogP contribution in [0.5, 0.6) is 0 Å². The average molecular weight is 479 g/mol. The van der Waals surface area contributed by atoms with Gasteiger partial charge in [0.25, 0.3) is 0 Å². The van der Waals surface area contributed by atoms with Crippen molar-refractivity contribution in [3.63, 3.8) is 0 Å². The van der Waals surface area contributed by atoms with Crippen LogP contribution in [-0.2, 0) is 13.6 Å². The van der Waals surface area contributed by atoms with Crippen LogP contribution in [0.25, 0.3) is 0 Å². The summed E-state index contributed by atoms with van der Waals surface area (Å²) in [5, 5.41) is 7.10. The Kier molecular flexibility index (Phi) is 16.8. The molecule has 0 aliphatic rings. The summed E-state index contributed by atoms with van der Waals surface area (Å²) in [5.74, 6) is 0. The van der Waals surface area contributed by atoms with Gasteiger partial charge in [-0.05, 0) is 91.9 Å². The van der Waals surface area contributed by atoms with Crippen molar-refractivity contribution in [3.05, 3.63) is 0 Å². The number of rotatable bonds is 20. The fourth-order valence-electron chi connectivity index (χ4n) is 3.55. The summed E-state index contributed by atoms with van der Waals surface area (Å²) in [6, 6.07) is 3.29. The topological polar surface area (TPSA) is 104 Å². The third-order valence-corrected chi connectivity index (χ3v) is 12.5. The second-order valence-electron chi connectivity index (χ2n) is 10.6. The molecule has 0 aromatic rings. The molecule has 0 amide bonds. The minimum Gasteiger partial charge on any atom is -0.455 e. The highest BCUT2D eigenvalue weighted by atomic mass is 28.4. The molecule has 0 saturated carbocycles. The molecular weight excluding hydrogens is 424 g/mol. The molecule has 4 atom stereocenters. The zero-order valence-electron chi connectivity index (χ0n) is 21.8. The van der Waals surface area contributed by atoms with Crippen molar-refractivity contribution in [1.29, 1.82) is 0 Å². The van der Waals surface area contributed by atoms with Crippen molar-refractivity contribution in [2.24, 2.45) is 11.5 Å². The molecule has 7 nitrogen and oxygen atoms in total. The van der Waals surface area contributed by atoms with Crippen molar-refractivity contribution in [1.82, 2.24) is 10.6 Å². The van der Waals surface area contributed by atoms with Crippen molar-refractivity contribution in [3.8, 4) is 0 Å². The maximum atomic E-state index is 6.77. The highest BCUT2D eigenvalue weighted by molar-refractivity contribution is 6.84. The van der Waals surface area contributed by atoms with Gasteiger partial charge in [0.15, 0.2) is 16.6 Å². The second kappa shape index (κ2) is 16.7. The van der Waals surface area contributed by atoms with E-state index in [1.54, 1.807) is 0 Å². The Morgan fingerprint density at radius 2 is 1.00 bits per heavy atom. The molecule has 0 spiro atoms. The largest absolute Gasteiger partial charge is 0.455 e. The van der Waals surface area contributed by atoms with E-state index >= 15 is 0 Å². The van der Waals surface area contributed by atoms with Gasteiger partial charge in [0.2, 0.25) is 0 Å². The number of nitrogens with two attached hydrogens (primary N) is 2. The molecule has 0 radical (unpaired) electrons. The SMILES string of the molecule is CC(N)COCC(C)NCCC[Si](C)(C)O[Si](C)(C)CCCNC(C)COCC(C)N. The minimum atomic E-state index is -1.64.